The molecule has 0 aliphatic carbocycles. The smallest absolute Gasteiger partial charge is 0.254 e. The normalized spacial score (nSPS) is 17.1. The summed E-state index contributed by atoms with van der Waals surface area (Å²) in [6, 6.07) is 5.45. The Bertz CT molecular complexity index is 981. The van der Waals surface area contributed by atoms with E-state index < -0.39 is 0 Å². The fourth-order valence-electron chi connectivity index (χ4n) is 3.71. The van der Waals surface area contributed by atoms with Crippen LogP contribution in [0.15, 0.2) is 35.3 Å². The maximum atomic E-state index is 13.3. The van der Waals surface area contributed by atoms with Crippen LogP contribution in [0.5, 0.6) is 0 Å². The predicted molar refractivity (Wildman–Crippen MR) is 105 cm³/mol. The van der Waals surface area contributed by atoms with Crippen molar-refractivity contribution in [2.75, 3.05) is 20.6 Å². The van der Waals surface area contributed by atoms with Crippen LogP contribution in [-0.4, -0.2) is 61.3 Å². The van der Waals surface area contributed by atoms with Gasteiger partial charge in [-0.05, 0) is 64.0 Å². The van der Waals surface area contributed by atoms with Gasteiger partial charge in [0.1, 0.15) is 18.7 Å². The third-order valence-electron chi connectivity index (χ3n) is 5.09. The van der Waals surface area contributed by atoms with Gasteiger partial charge in [0.15, 0.2) is 0 Å². The second-order valence-electron chi connectivity index (χ2n) is 7.62. The molecule has 1 aromatic carbocycles. The number of hydrogen-bond acceptors (Lipinski definition) is 7. The number of piperidine rings is 1. The average Bonchev–Trinajstić information content (AvgIpc) is 3.39. The maximum absolute atomic E-state index is 13.3. The molecule has 9 heteroatoms. The van der Waals surface area contributed by atoms with Crippen molar-refractivity contribution in [3.63, 3.8) is 0 Å². The Morgan fingerprint density at radius 1 is 1.28 bits per heavy atom. The molecule has 1 saturated heterocycles. The van der Waals surface area contributed by atoms with Crippen molar-refractivity contribution < 1.29 is 9.21 Å². The quantitative estimate of drug-likeness (QED) is 0.655. The van der Waals surface area contributed by atoms with E-state index in [1.54, 1.807) is 11.0 Å². The van der Waals surface area contributed by atoms with Gasteiger partial charge in [0.2, 0.25) is 11.8 Å². The van der Waals surface area contributed by atoms with Gasteiger partial charge < -0.3 is 14.2 Å². The van der Waals surface area contributed by atoms with Crippen LogP contribution in [0.4, 0.5) is 0 Å². The van der Waals surface area contributed by atoms with Crippen LogP contribution < -0.4 is 0 Å². The van der Waals surface area contributed by atoms with Gasteiger partial charge in [-0.2, -0.15) is 5.10 Å². The molecule has 0 bridgehead atoms. The Labute approximate surface area is 169 Å². The lowest BCUT2D eigenvalue weighted by atomic mass is 10.00. The van der Waals surface area contributed by atoms with Crippen molar-refractivity contribution in [1.82, 2.24) is 34.8 Å². The van der Waals surface area contributed by atoms with E-state index in [1.807, 2.05) is 49.0 Å². The van der Waals surface area contributed by atoms with Crippen molar-refractivity contribution in [3.8, 4) is 5.69 Å². The zero-order valence-corrected chi connectivity index (χ0v) is 16.9. The Morgan fingerprint density at radius 3 is 2.86 bits per heavy atom. The molecule has 1 atom stereocenters. The summed E-state index contributed by atoms with van der Waals surface area (Å²) in [6.45, 7) is 3.22. The molecule has 1 fully saturated rings. The predicted octanol–water partition coefficient (Wildman–Crippen LogP) is 2.39. The molecule has 0 unspecified atom stereocenters. The van der Waals surface area contributed by atoms with Gasteiger partial charge >= 0.3 is 0 Å². The van der Waals surface area contributed by atoms with E-state index in [0.29, 0.717) is 30.4 Å². The lowest BCUT2D eigenvalue weighted by molar-refractivity contribution is 0.0568. The molecule has 1 amide bonds. The first-order valence-electron chi connectivity index (χ1n) is 9.76. The second kappa shape index (κ2) is 8.12. The lowest BCUT2D eigenvalue weighted by Gasteiger charge is -2.33. The SMILES string of the molecule is Cc1cc(C(=O)N2CCCC[C@H]2c2nnc(CN(C)C)o2)ccc1-n1cncn1. The highest BCUT2D eigenvalue weighted by atomic mass is 16.4. The Balaban J connectivity index is 1.57. The summed E-state index contributed by atoms with van der Waals surface area (Å²) < 4.78 is 7.56. The highest BCUT2D eigenvalue weighted by Crippen LogP contribution is 2.32. The molecule has 0 radical (unpaired) electrons. The summed E-state index contributed by atoms with van der Waals surface area (Å²) in [4.78, 5) is 21.1. The maximum Gasteiger partial charge on any atom is 0.254 e. The van der Waals surface area contributed by atoms with Crippen LogP contribution >= 0.6 is 0 Å². The van der Waals surface area contributed by atoms with Crippen molar-refractivity contribution in [3.05, 3.63) is 53.8 Å². The molecule has 152 valence electrons. The van der Waals surface area contributed by atoms with Crippen molar-refractivity contribution in [2.24, 2.45) is 0 Å². The fraction of sp³-hybridized carbons (Fsp3) is 0.450. The number of benzene rings is 1. The zero-order chi connectivity index (χ0) is 20.4. The number of aryl methyl sites for hydroxylation is 1. The fourth-order valence-corrected chi connectivity index (χ4v) is 3.71. The molecular formula is C20H25N7O2. The van der Waals surface area contributed by atoms with Crippen molar-refractivity contribution >= 4 is 5.91 Å². The number of amides is 1. The molecule has 0 saturated carbocycles. The summed E-state index contributed by atoms with van der Waals surface area (Å²) in [5.41, 5.74) is 2.51. The number of carbonyl (C=O) groups is 1. The first kappa shape index (κ1) is 19.3. The van der Waals surface area contributed by atoms with Gasteiger partial charge in [-0.3, -0.25) is 4.79 Å². The van der Waals surface area contributed by atoms with Gasteiger partial charge in [-0.25, -0.2) is 9.67 Å². The number of aromatic nitrogens is 5. The summed E-state index contributed by atoms with van der Waals surface area (Å²) in [5.74, 6) is 1.07. The topological polar surface area (TPSA) is 93.2 Å². The van der Waals surface area contributed by atoms with E-state index >= 15 is 0 Å². The minimum Gasteiger partial charge on any atom is -0.422 e. The van der Waals surface area contributed by atoms with Crippen molar-refractivity contribution in [1.29, 1.82) is 0 Å². The van der Waals surface area contributed by atoms with Gasteiger partial charge in [-0.1, -0.05) is 0 Å². The zero-order valence-electron chi connectivity index (χ0n) is 16.9. The number of likely N-dealkylation sites (tertiary alicyclic amines) is 1. The third-order valence-corrected chi connectivity index (χ3v) is 5.09. The third kappa shape index (κ3) is 4.04. The van der Waals surface area contributed by atoms with E-state index in [4.69, 9.17) is 4.42 Å². The van der Waals surface area contributed by atoms with Crippen molar-refractivity contribution in [2.45, 2.75) is 38.8 Å². The largest absolute Gasteiger partial charge is 0.422 e. The minimum absolute atomic E-state index is 0.0182. The number of hydrogen-bond donors (Lipinski definition) is 0. The highest BCUT2D eigenvalue weighted by molar-refractivity contribution is 5.95. The molecule has 1 aliphatic rings. The summed E-state index contributed by atoms with van der Waals surface area (Å²) in [7, 11) is 3.90. The molecular weight excluding hydrogens is 370 g/mol. The molecule has 1 aliphatic heterocycles. The molecule has 0 spiro atoms. The van der Waals surface area contributed by atoms with Gasteiger partial charge in [0.25, 0.3) is 5.91 Å². The molecule has 3 aromatic rings. The Kier molecular flexibility index (Phi) is 5.39. The van der Waals surface area contributed by atoms with Gasteiger partial charge in [-0.15, -0.1) is 10.2 Å². The summed E-state index contributed by atoms with van der Waals surface area (Å²) in [5, 5.41) is 12.5. The van der Waals surface area contributed by atoms with Crippen LogP contribution in [0.1, 0.15) is 53.0 Å². The molecule has 29 heavy (non-hydrogen) atoms. The second-order valence-corrected chi connectivity index (χ2v) is 7.62. The molecule has 0 N–H and O–H groups in total. The lowest BCUT2D eigenvalue weighted by Crippen LogP contribution is -2.38. The van der Waals surface area contributed by atoms with Crippen LogP contribution in [0.3, 0.4) is 0 Å². The van der Waals surface area contributed by atoms with E-state index in [-0.39, 0.29) is 11.9 Å². The molecule has 2 aromatic heterocycles. The first-order chi connectivity index (χ1) is 14.0. The molecule has 9 nitrogen and oxygen atoms in total. The van der Waals surface area contributed by atoms with Crippen LogP contribution in [-0.2, 0) is 6.54 Å². The van der Waals surface area contributed by atoms with Gasteiger partial charge in [0.05, 0.1) is 12.2 Å². The molecule has 4 rings (SSSR count). The standard InChI is InChI=1S/C20H25N7O2/c1-14-10-15(7-8-16(14)27-13-21-12-22-27)20(28)26-9-5-4-6-17(26)19-24-23-18(29-19)11-25(2)3/h7-8,10,12-13,17H,4-6,9,11H2,1-3H3/t17-/m0/s1. The van der Waals surface area contributed by atoms with Crippen LogP contribution in [0.2, 0.25) is 0 Å². The van der Waals surface area contributed by atoms with Crippen LogP contribution in [0.25, 0.3) is 5.69 Å². The number of rotatable bonds is 5. The summed E-state index contributed by atoms with van der Waals surface area (Å²) >= 11 is 0. The number of nitrogens with zero attached hydrogens (tertiary/aromatic N) is 7. The first-order valence-corrected chi connectivity index (χ1v) is 9.76. The Hall–Kier alpha value is -3.07. The van der Waals surface area contributed by atoms with E-state index in [0.717, 1.165) is 30.5 Å². The van der Waals surface area contributed by atoms with Crippen LogP contribution in [0, 0.1) is 6.92 Å². The van der Waals surface area contributed by atoms with E-state index in [9.17, 15) is 4.79 Å². The molecule has 3 heterocycles. The average molecular weight is 395 g/mol. The monoisotopic (exact) mass is 395 g/mol. The summed E-state index contributed by atoms with van der Waals surface area (Å²) in [6.07, 6.45) is 5.96. The Morgan fingerprint density at radius 2 is 2.14 bits per heavy atom. The minimum atomic E-state index is -0.185. The highest BCUT2D eigenvalue weighted by Gasteiger charge is 2.32. The van der Waals surface area contributed by atoms with E-state index in [1.165, 1.54) is 6.33 Å². The number of carbonyl (C=O) groups excluding carboxylic acids is 1. The van der Waals surface area contributed by atoms with E-state index in [2.05, 4.69) is 20.3 Å². The van der Waals surface area contributed by atoms with Gasteiger partial charge in [0, 0.05) is 12.1 Å².